The number of carbonyl (C=O) groups excluding carboxylic acids is 2. The van der Waals surface area contributed by atoms with Crippen molar-refractivity contribution in [1.82, 2.24) is 4.90 Å². The van der Waals surface area contributed by atoms with Gasteiger partial charge in [-0.15, -0.1) is 11.8 Å². The normalized spacial score (nSPS) is 16.6. The summed E-state index contributed by atoms with van der Waals surface area (Å²) < 4.78 is 5.21. The van der Waals surface area contributed by atoms with Crippen LogP contribution in [0.2, 0.25) is 0 Å². The summed E-state index contributed by atoms with van der Waals surface area (Å²) in [7, 11) is 0. The van der Waals surface area contributed by atoms with E-state index in [4.69, 9.17) is 4.74 Å². The van der Waals surface area contributed by atoms with E-state index in [2.05, 4.69) is 0 Å². The molecule has 2 aliphatic rings. The predicted octanol–water partition coefficient (Wildman–Crippen LogP) is 1.08. The average molecular weight is 365 g/mol. The number of nitro benzene ring substituents is 1. The van der Waals surface area contributed by atoms with Crippen LogP contribution in [-0.2, 0) is 20.7 Å². The van der Waals surface area contributed by atoms with Gasteiger partial charge in [0.25, 0.3) is 5.69 Å². The summed E-state index contributed by atoms with van der Waals surface area (Å²) in [6.07, 6.45) is 0.691. The molecule has 0 saturated carbocycles. The molecule has 1 aromatic rings. The van der Waals surface area contributed by atoms with E-state index in [9.17, 15) is 19.7 Å². The highest BCUT2D eigenvalue weighted by atomic mass is 32.2. The number of nitrogens with zero attached hydrogens (tertiary/aromatic N) is 3. The van der Waals surface area contributed by atoms with Crippen molar-refractivity contribution in [2.24, 2.45) is 0 Å². The van der Waals surface area contributed by atoms with Crippen molar-refractivity contribution in [3.8, 4) is 0 Å². The van der Waals surface area contributed by atoms with Crippen molar-refractivity contribution in [1.29, 1.82) is 0 Å². The number of thioether (sulfide) groups is 1. The number of rotatable bonds is 5. The third-order valence-corrected chi connectivity index (χ3v) is 5.19. The van der Waals surface area contributed by atoms with E-state index < -0.39 is 4.92 Å². The molecule has 8 nitrogen and oxygen atoms in total. The van der Waals surface area contributed by atoms with Gasteiger partial charge < -0.3 is 14.5 Å². The standard InChI is InChI=1S/C16H19N3O5S/c20-15(17-5-7-24-8-6-17)10-25-11-16(21)18-4-3-12-1-2-13(19(22)23)9-14(12)18/h1-2,9H,3-8,10-11H2. The lowest BCUT2D eigenvalue weighted by Crippen LogP contribution is -2.41. The zero-order valence-electron chi connectivity index (χ0n) is 13.7. The lowest BCUT2D eigenvalue weighted by molar-refractivity contribution is -0.384. The Kier molecular flexibility index (Phi) is 5.54. The summed E-state index contributed by atoms with van der Waals surface area (Å²) in [6.45, 7) is 2.82. The molecule has 0 bridgehead atoms. The van der Waals surface area contributed by atoms with E-state index in [0.29, 0.717) is 45.0 Å². The van der Waals surface area contributed by atoms with Crippen molar-refractivity contribution in [3.05, 3.63) is 33.9 Å². The van der Waals surface area contributed by atoms with E-state index >= 15 is 0 Å². The van der Waals surface area contributed by atoms with E-state index in [1.54, 1.807) is 15.9 Å². The molecule has 0 spiro atoms. The Morgan fingerprint density at radius 1 is 1.16 bits per heavy atom. The van der Waals surface area contributed by atoms with Gasteiger partial charge in [-0.1, -0.05) is 6.07 Å². The minimum atomic E-state index is -0.461. The third-order valence-electron chi connectivity index (χ3n) is 4.29. The first-order valence-electron chi connectivity index (χ1n) is 8.07. The largest absolute Gasteiger partial charge is 0.378 e. The van der Waals surface area contributed by atoms with Gasteiger partial charge in [0.1, 0.15) is 0 Å². The highest BCUT2D eigenvalue weighted by Gasteiger charge is 2.27. The fourth-order valence-corrected chi connectivity index (χ4v) is 3.74. The molecule has 1 saturated heterocycles. The molecule has 0 radical (unpaired) electrons. The van der Waals surface area contributed by atoms with Gasteiger partial charge in [-0.3, -0.25) is 19.7 Å². The maximum Gasteiger partial charge on any atom is 0.271 e. The molecule has 2 heterocycles. The Balaban J connectivity index is 1.54. The van der Waals surface area contributed by atoms with Gasteiger partial charge in [-0.25, -0.2) is 0 Å². The first-order chi connectivity index (χ1) is 12.1. The number of benzene rings is 1. The van der Waals surface area contributed by atoms with Crippen LogP contribution in [0.15, 0.2) is 18.2 Å². The summed E-state index contributed by atoms with van der Waals surface area (Å²) in [6, 6.07) is 4.61. The fraction of sp³-hybridized carbons (Fsp3) is 0.500. The fourth-order valence-electron chi connectivity index (χ4n) is 2.95. The maximum atomic E-state index is 12.4. The molecule has 0 aliphatic carbocycles. The van der Waals surface area contributed by atoms with Crippen LogP contribution in [0.3, 0.4) is 0 Å². The van der Waals surface area contributed by atoms with Gasteiger partial charge in [0.15, 0.2) is 0 Å². The highest BCUT2D eigenvalue weighted by molar-refractivity contribution is 8.00. The number of morpholine rings is 1. The lowest BCUT2D eigenvalue weighted by atomic mass is 10.1. The number of hydrogen-bond donors (Lipinski definition) is 0. The number of carbonyl (C=O) groups is 2. The first-order valence-corrected chi connectivity index (χ1v) is 9.22. The van der Waals surface area contributed by atoms with Crippen LogP contribution >= 0.6 is 11.8 Å². The number of hydrogen-bond acceptors (Lipinski definition) is 6. The van der Waals surface area contributed by atoms with Crippen LogP contribution in [0.25, 0.3) is 0 Å². The second kappa shape index (κ2) is 7.83. The zero-order valence-corrected chi connectivity index (χ0v) is 14.5. The Morgan fingerprint density at radius 2 is 1.88 bits per heavy atom. The molecule has 134 valence electrons. The van der Waals surface area contributed by atoms with Crippen LogP contribution in [0.5, 0.6) is 0 Å². The molecule has 25 heavy (non-hydrogen) atoms. The van der Waals surface area contributed by atoms with Crippen LogP contribution < -0.4 is 4.90 Å². The molecule has 9 heteroatoms. The SMILES string of the molecule is O=C(CSCC(=O)N1CCc2ccc([N+](=O)[O-])cc21)N1CCOCC1. The quantitative estimate of drug-likeness (QED) is 0.572. The van der Waals surface area contributed by atoms with Crippen molar-refractivity contribution in [3.63, 3.8) is 0 Å². The number of anilines is 1. The number of non-ortho nitro benzene ring substituents is 1. The van der Waals surface area contributed by atoms with Gasteiger partial charge in [0.2, 0.25) is 11.8 Å². The molecule has 2 aliphatic heterocycles. The molecule has 3 rings (SSSR count). The molecule has 1 fully saturated rings. The molecular formula is C16H19N3O5S. The Morgan fingerprint density at radius 3 is 2.60 bits per heavy atom. The van der Waals surface area contributed by atoms with Crippen molar-refractivity contribution >= 4 is 35.0 Å². The van der Waals surface area contributed by atoms with Gasteiger partial charge >= 0.3 is 0 Å². The monoisotopic (exact) mass is 365 g/mol. The molecule has 0 atom stereocenters. The number of nitro groups is 1. The molecule has 1 aromatic carbocycles. The predicted molar refractivity (Wildman–Crippen MR) is 93.9 cm³/mol. The van der Waals surface area contributed by atoms with Crippen LogP contribution in [0.1, 0.15) is 5.56 Å². The first kappa shape index (κ1) is 17.7. The van der Waals surface area contributed by atoms with Gasteiger partial charge in [0, 0.05) is 31.8 Å². The average Bonchev–Trinajstić information content (AvgIpc) is 3.05. The second-order valence-electron chi connectivity index (χ2n) is 5.85. The number of ether oxygens (including phenoxy) is 1. The third kappa shape index (κ3) is 4.10. The summed E-state index contributed by atoms with van der Waals surface area (Å²) in [5, 5.41) is 10.9. The topological polar surface area (TPSA) is 93.0 Å². The van der Waals surface area contributed by atoms with Crippen LogP contribution in [0.4, 0.5) is 11.4 Å². The summed E-state index contributed by atoms with van der Waals surface area (Å²) in [5.74, 6) is 0.317. The smallest absolute Gasteiger partial charge is 0.271 e. The summed E-state index contributed by atoms with van der Waals surface area (Å²) in [5.41, 5.74) is 1.53. The van der Waals surface area contributed by atoms with Crippen molar-refractivity contribution < 1.29 is 19.2 Å². The second-order valence-corrected chi connectivity index (χ2v) is 6.84. The van der Waals surface area contributed by atoms with Crippen LogP contribution in [-0.4, -0.2) is 66.0 Å². The van der Waals surface area contributed by atoms with E-state index in [1.165, 1.54) is 23.9 Å². The number of fused-ring (bicyclic) bond motifs is 1. The van der Waals surface area contributed by atoms with E-state index in [0.717, 1.165) is 5.56 Å². The molecule has 2 amide bonds. The molecule has 0 unspecified atom stereocenters. The van der Waals surface area contributed by atoms with E-state index in [1.807, 2.05) is 0 Å². The highest BCUT2D eigenvalue weighted by Crippen LogP contribution is 2.32. The van der Waals surface area contributed by atoms with Gasteiger partial charge in [-0.2, -0.15) is 0 Å². The summed E-state index contributed by atoms with van der Waals surface area (Å²) in [4.78, 5) is 38.3. The lowest BCUT2D eigenvalue weighted by Gasteiger charge is -2.26. The Hall–Kier alpha value is -2.13. The minimum absolute atomic E-state index is 0.0126. The Bertz CT molecular complexity index is 690. The molecule has 0 N–H and O–H groups in total. The molecular weight excluding hydrogens is 346 g/mol. The maximum absolute atomic E-state index is 12.4. The Labute approximate surface area is 149 Å². The van der Waals surface area contributed by atoms with Crippen LogP contribution in [0, 0.1) is 10.1 Å². The zero-order chi connectivity index (χ0) is 17.8. The van der Waals surface area contributed by atoms with Gasteiger partial charge in [-0.05, 0) is 12.0 Å². The van der Waals surface area contributed by atoms with Crippen molar-refractivity contribution in [2.75, 3.05) is 49.3 Å². The van der Waals surface area contributed by atoms with E-state index in [-0.39, 0.29) is 29.0 Å². The number of amides is 2. The van der Waals surface area contributed by atoms with Crippen molar-refractivity contribution in [2.45, 2.75) is 6.42 Å². The van der Waals surface area contributed by atoms with Gasteiger partial charge in [0.05, 0.1) is 35.3 Å². The summed E-state index contributed by atoms with van der Waals surface area (Å²) >= 11 is 1.28. The minimum Gasteiger partial charge on any atom is -0.378 e. The molecule has 0 aromatic heterocycles.